The van der Waals surface area contributed by atoms with Crippen molar-refractivity contribution in [3.8, 4) is 5.75 Å². The van der Waals surface area contributed by atoms with E-state index in [4.69, 9.17) is 5.11 Å². The van der Waals surface area contributed by atoms with Crippen LogP contribution in [0.2, 0.25) is 0 Å². The maximum absolute atomic E-state index is 9.56. The summed E-state index contributed by atoms with van der Waals surface area (Å²) >= 11 is 0. The molecule has 2 rings (SSSR count). The molecule has 2 aromatic rings. The molecule has 0 fully saturated rings. The monoisotopic (exact) mass is 317 g/mol. The number of phenolic OH excluding ortho intramolecular Hbond substituents is 1. The predicted octanol–water partition coefficient (Wildman–Crippen LogP) is 2.84. The second kappa shape index (κ2) is 8.70. The topological polar surface area (TPSA) is 68.6 Å². The van der Waals surface area contributed by atoms with Gasteiger partial charge in [-0.15, -0.1) is 0 Å². The fourth-order valence-corrected chi connectivity index (χ4v) is 2.79. The van der Waals surface area contributed by atoms with Gasteiger partial charge in [-0.3, -0.25) is 4.98 Å². The molecule has 5 heteroatoms. The highest BCUT2D eigenvalue weighted by Crippen LogP contribution is 2.25. The first-order valence-corrected chi connectivity index (χ1v) is 8.31. The van der Waals surface area contributed by atoms with Crippen molar-refractivity contribution in [3.05, 3.63) is 30.5 Å². The summed E-state index contributed by atoms with van der Waals surface area (Å²) < 4.78 is 0. The minimum absolute atomic E-state index is 0.220. The van der Waals surface area contributed by atoms with Crippen molar-refractivity contribution in [2.24, 2.45) is 0 Å². The van der Waals surface area contributed by atoms with Gasteiger partial charge in [0.15, 0.2) is 0 Å². The minimum Gasteiger partial charge on any atom is -0.508 e. The molecule has 126 valence electrons. The molecule has 1 aromatic carbocycles. The Kier molecular flexibility index (Phi) is 6.62. The van der Waals surface area contributed by atoms with Crippen molar-refractivity contribution in [1.82, 2.24) is 9.88 Å². The summed E-state index contributed by atoms with van der Waals surface area (Å²) in [5.74, 6) is 0.235. The molecular formula is C18H27N3O2. The Hall–Kier alpha value is -1.85. The lowest BCUT2D eigenvalue weighted by Gasteiger charge is -2.21. The standard InChI is InChI=1S/C18H27N3O2/c1-3-21(11-12-22)10-4-5-14(2)20-17-8-9-19-18-13-15(23)6-7-16(17)18/h6-9,13-14,22-23H,3-5,10-12H2,1-2H3,(H,19,20). The quantitative estimate of drug-likeness (QED) is 0.663. The Morgan fingerprint density at radius 2 is 2.09 bits per heavy atom. The molecule has 0 saturated heterocycles. The van der Waals surface area contributed by atoms with E-state index >= 15 is 0 Å². The van der Waals surface area contributed by atoms with Crippen molar-refractivity contribution < 1.29 is 10.2 Å². The fraction of sp³-hybridized carbons (Fsp3) is 0.500. The van der Waals surface area contributed by atoms with Crippen LogP contribution in [0.3, 0.4) is 0 Å². The van der Waals surface area contributed by atoms with Gasteiger partial charge in [0.05, 0.1) is 12.1 Å². The van der Waals surface area contributed by atoms with Crippen molar-refractivity contribution in [1.29, 1.82) is 0 Å². The van der Waals surface area contributed by atoms with E-state index in [1.165, 1.54) is 0 Å². The molecule has 1 heterocycles. The molecule has 1 atom stereocenters. The maximum atomic E-state index is 9.56. The number of rotatable bonds is 9. The Morgan fingerprint density at radius 1 is 1.26 bits per heavy atom. The molecule has 0 aliphatic heterocycles. The second-order valence-corrected chi connectivity index (χ2v) is 5.91. The molecule has 1 aromatic heterocycles. The third kappa shape index (κ3) is 5.08. The van der Waals surface area contributed by atoms with Gasteiger partial charge in [-0.25, -0.2) is 0 Å². The number of anilines is 1. The van der Waals surface area contributed by atoms with Crippen molar-refractivity contribution >= 4 is 16.6 Å². The van der Waals surface area contributed by atoms with E-state index in [-0.39, 0.29) is 12.4 Å². The molecule has 0 aliphatic rings. The first-order chi connectivity index (χ1) is 11.1. The van der Waals surface area contributed by atoms with Crippen molar-refractivity contribution in [2.45, 2.75) is 32.7 Å². The Balaban J connectivity index is 1.91. The van der Waals surface area contributed by atoms with Crippen LogP contribution in [-0.2, 0) is 0 Å². The largest absolute Gasteiger partial charge is 0.508 e. The molecule has 3 N–H and O–H groups in total. The number of aliphatic hydroxyl groups excluding tert-OH is 1. The van der Waals surface area contributed by atoms with E-state index in [2.05, 4.69) is 29.0 Å². The summed E-state index contributed by atoms with van der Waals surface area (Å²) in [6.45, 7) is 7.24. The zero-order valence-corrected chi connectivity index (χ0v) is 14.0. The number of hydrogen-bond donors (Lipinski definition) is 3. The highest BCUT2D eigenvalue weighted by molar-refractivity contribution is 5.91. The number of phenols is 1. The van der Waals surface area contributed by atoms with Gasteiger partial charge in [0.2, 0.25) is 0 Å². The zero-order chi connectivity index (χ0) is 16.7. The maximum Gasteiger partial charge on any atom is 0.117 e. The van der Waals surface area contributed by atoms with E-state index in [1.807, 2.05) is 12.1 Å². The molecule has 0 amide bonds. The molecule has 0 saturated carbocycles. The van der Waals surface area contributed by atoms with Gasteiger partial charge in [-0.05, 0) is 51.1 Å². The smallest absolute Gasteiger partial charge is 0.117 e. The van der Waals surface area contributed by atoms with E-state index in [9.17, 15) is 5.11 Å². The SMILES string of the molecule is CCN(CCO)CCCC(C)Nc1ccnc2cc(O)ccc12. The molecule has 23 heavy (non-hydrogen) atoms. The second-order valence-electron chi connectivity index (χ2n) is 5.91. The first-order valence-electron chi connectivity index (χ1n) is 8.31. The molecule has 1 unspecified atom stereocenters. The van der Waals surface area contributed by atoms with Crippen LogP contribution >= 0.6 is 0 Å². The lowest BCUT2D eigenvalue weighted by atomic mass is 10.1. The summed E-state index contributed by atoms with van der Waals surface area (Å²) in [6, 6.07) is 7.59. The van der Waals surface area contributed by atoms with Gasteiger partial charge in [0, 0.05) is 35.9 Å². The van der Waals surface area contributed by atoms with E-state index < -0.39 is 0 Å². The minimum atomic E-state index is 0.220. The van der Waals surface area contributed by atoms with Gasteiger partial charge in [-0.1, -0.05) is 6.92 Å². The summed E-state index contributed by atoms with van der Waals surface area (Å²) in [5, 5.41) is 23.1. The number of likely N-dealkylation sites (N-methyl/N-ethyl adjacent to an activating group) is 1. The summed E-state index contributed by atoms with van der Waals surface area (Å²) in [4.78, 5) is 6.56. The van der Waals surface area contributed by atoms with Crippen LogP contribution in [-0.4, -0.2) is 52.4 Å². The highest BCUT2D eigenvalue weighted by Gasteiger charge is 2.08. The number of aromatic hydroxyl groups is 1. The van der Waals surface area contributed by atoms with Gasteiger partial charge in [0.25, 0.3) is 0 Å². The average molecular weight is 317 g/mol. The van der Waals surface area contributed by atoms with Crippen LogP contribution in [0.1, 0.15) is 26.7 Å². The number of aromatic nitrogens is 1. The predicted molar refractivity (Wildman–Crippen MR) is 94.9 cm³/mol. The van der Waals surface area contributed by atoms with Crippen LogP contribution in [0.25, 0.3) is 10.9 Å². The highest BCUT2D eigenvalue weighted by atomic mass is 16.3. The number of fused-ring (bicyclic) bond motifs is 1. The van der Waals surface area contributed by atoms with Gasteiger partial charge >= 0.3 is 0 Å². The number of nitrogens with zero attached hydrogens (tertiary/aromatic N) is 2. The van der Waals surface area contributed by atoms with Crippen LogP contribution in [0.4, 0.5) is 5.69 Å². The van der Waals surface area contributed by atoms with Gasteiger partial charge < -0.3 is 20.4 Å². The summed E-state index contributed by atoms with van der Waals surface area (Å²) in [6.07, 6.45) is 3.91. The zero-order valence-electron chi connectivity index (χ0n) is 14.0. The third-order valence-corrected chi connectivity index (χ3v) is 4.10. The molecule has 5 nitrogen and oxygen atoms in total. The summed E-state index contributed by atoms with van der Waals surface area (Å²) in [5.41, 5.74) is 1.84. The van der Waals surface area contributed by atoms with Crippen LogP contribution in [0, 0.1) is 0 Å². The molecule has 0 radical (unpaired) electrons. The van der Waals surface area contributed by atoms with Gasteiger partial charge in [0.1, 0.15) is 5.75 Å². The number of pyridine rings is 1. The normalized spacial score (nSPS) is 12.7. The average Bonchev–Trinajstić information content (AvgIpc) is 2.54. The van der Waals surface area contributed by atoms with Crippen LogP contribution in [0.15, 0.2) is 30.5 Å². The summed E-state index contributed by atoms with van der Waals surface area (Å²) in [7, 11) is 0. The molecule has 0 spiro atoms. The number of benzene rings is 1. The molecule has 0 aliphatic carbocycles. The Bertz CT molecular complexity index is 618. The molecular weight excluding hydrogens is 290 g/mol. The lowest BCUT2D eigenvalue weighted by Crippen LogP contribution is -2.28. The Labute approximate surface area is 138 Å². The van der Waals surface area contributed by atoms with E-state index in [0.717, 1.165) is 49.1 Å². The van der Waals surface area contributed by atoms with Crippen LogP contribution < -0.4 is 5.32 Å². The van der Waals surface area contributed by atoms with E-state index in [0.29, 0.717) is 6.04 Å². The Morgan fingerprint density at radius 3 is 2.83 bits per heavy atom. The fourth-order valence-electron chi connectivity index (χ4n) is 2.79. The number of hydrogen-bond acceptors (Lipinski definition) is 5. The third-order valence-electron chi connectivity index (χ3n) is 4.10. The van der Waals surface area contributed by atoms with E-state index in [1.54, 1.807) is 18.3 Å². The van der Waals surface area contributed by atoms with Crippen molar-refractivity contribution in [2.75, 3.05) is 31.6 Å². The van der Waals surface area contributed by atoms with Crippen molar-refractivity contribution in [3.63, 3.8) is 0 Å². The first kappa shape index (κ1) is 17.5. The van der Waals surface area contributed by atoms with Gasteiger partial charge in [-0.2, -0.15) is 0 Å². The number of nitrogens with one attached hydrogen (secondary N) is 1. The molecule has 0 bridgehead atoms. The lowest BCUT2D eigenvalue weighted by molar-refractivity contribution is 0.199. The van der Waals surface area contributed by atoms with Crippen LogP contribution in [0.5, 0.6) is 5.75 Å². The number of aliphatic hydroxyl groups is 1.